The summed E-state index contributed by atoms with van der Waals surface area (Å²) >= 11 is 0. The Labute approximate surface area is 151 Å². The first-order valence-corrected chi connectivity index (χ1v) is 8.37. The molecule has 0 aliphatic heterocycles. The number of halogens is 1. The molecule has 26 heavy (non-hydrogen) atoms. The van der Waals surface area contributed by atoms with E-state index >= 15 is 0 Å². The number of hydrogen-bond acceptors (Lipinski definition) is 3. The standard InChI is InChI=1S/C21H19FN2O2/c1-2-26-21(25)19(14-17-9-6-10-18(22)13-17)20-23-11-12-24(20)15-16-7-4-3-5-8-16/h3-14H,2,15H2,1H3. The summed E-state index contributed by atoms with van der Waals surface area (Å²) in [5, 5.41) is 0. The molecule has 0 spiro atoms. The Hall–Kier alpha value is -3.21. The van der Waals surface area contributed by atoms with E-state index in [1.807, 2.05) is 34.9 Å². The maximum Gasteiger partial charge on any atom is 0.341 e. The fraction of sp³-hybridized carbons (Fsp3) is 0.143. The van der Waals surface area contributed by atoms with Crippen molar-refractivity contribution in [3.8, 4) is 0 Å². The lowest BCUT2D eigenvalue weighted by atomic mass is 10.1. The fourth-order valence-corrected chi connectivity index (χ4v) is 2.65. The molecule has 0 saturated heterocycles. The molecule has 132 valence electrons. The average molecular weight is 350 g/mol. The third-order valence-corrected chi connectivity index (χ3v) is 3.81. The largest absolute Gasteiger partial charge is 0.462 e. The van der Waals surface area contributed by atoms with Gasteiger partial charge in [-0.05, 0) is 36.3 Å². The van der Waals surface area contributed by atoms with Crippen molar-refractivity contribution in [1.29, 1.82) is 0 Å². The van der Waals surface area contributed by atoms with E-state index in [2.05, 4.69) is 4.98 Å². The Morgan fingerprint density at radius 1 is 1.19 bits per heavy atom. The van der Waals surface area contributed by atoms with Crippen LogP contribution < -0.4 is 0 Å². The third-order valence-electron chi connectivity index (χ3n) is 3.81. The molecule has 5 heteroatoms. The maximum absolute atomic E-state index is 13.5. The quantitative estimate of drug-likeness (QED) is 0.495. The molecular formula is C21H19FN2O2. The van der Waals surface area contributed by atoms with E-state index in [4.69, 9.17) is 4.74 Å². The van der Waals surface area contributed by atoms with Crippen molar-refractivity contribution >= 4 is 17.6 Å². The Balaban J connectivity index is 2.00. The summed E-state index contributed by atoms with van der Waals surface area (Å²) in [6.45, 7) is 2.56. The molecule has 0 radical (unpaired) electrons. The van der Waals surface area contributed by atoms with Gasteiger partial charge in [0.2, 0.25) is 0 Å². The predicted molar refractivity (Wildman–Crippen MR) is 98.7 cm³/mol. The molecule has 3 aromatic rings. The zero-order valence-electron chi connectivity index (χ0n) is 14.4. The molecule has 0 N–H and O–H groups in total. The molecule has 0 saturated carbocycles. The number of aromatic nitrogens is 2. The highest BCUT2D eigenvalue weighted by Crippen LogP contribution is 2.20. The van der Waals surface area contributed by atoms with Gasteiger partial charge in [-0.15, -0.1) is 0 Å². The van der Waals surface area contributed by atoms with Crippen molar-refractivity contribution < 1.29 is 13.9 Å². The predicted octanol–water partition coefficient (Wildman–Crippen LogP) is 4.17. The van der Waals surface area contributed by atoms with Crippen LogP contribution in [0.1, 0.15) is 23.9 Å². The molecular weight excluding hydrogens is 331 g/mol. The smallest absolute Gasteiger partial charge is 0.341 e. The van der Waals surface area contributed by atoms with Gasteiger partial charge in [0.25, 0.3) is 0 Å². The van der Waals surface area contributed by atoms with Crippen LogP contribution in [-0.4, -0.2) is 22.1 Å². The first kappa shape index (κ1) is 17.6. The number of hydrogen-bond donors (Lipinski definition) is 0. The second-order valence-electron chi connectivity index (χ2n) is 5.70. The topological polar surface area (TPSA) is 44.1 Å². The van der Waals surface area contributed by atoms with Gasteiger partial charge in [0.15, 0.2) is 0 Å². The van der Waals surface area contributed by atoms with Gasteiger partial charge in [-0.2, -0.15) is 0 Å². The van der Waals surface area contributed by atoms with Crippen LogP contribution in [0.15, 0.2) is 67.0 Å². The summed E-state index contributed by atoms with van der Waals surface area (Å²) in [7, 11) is 0. The monoisotopic (exact) mass is 350 g/mol. The number of imidazole rings is 1. The van der Waals surface area contributed by atoms with Crippen LogP contribution in [0.4, 0.5) is 4.39 Å². The molecule has 1 heterocycles. The van der Waals surface area contributed by atoms with Gasteiger partial charge in [-0.1, -0.05) is 42.5 Å². The zero-order valence-corrected chi connectivity index (χ0v) is 14.4. The average Bonchev–Trinajstić information content (AvgIpc) is 3.08. The van der Waals surface area contributed by atoms with Gasteiger partial charge in [-0.25, -0.2) is 14.2 Å². The summed E-state index contributed by atoms with van der Waals surface area (Å²) in [6.07, 6.45) is 5.04. The number of nitrogens with zero attached hydrogens (tertiary/aromatic N) is 2. The summed E-state index contributed by atoms with van der Waals surface area (Å²) in [5.41, 5.74) is 1.95. The lowest BCUT2D eigenvalue weighted by Gasteiger charge is -2.11. The SMILES string of the molecule is CCOC(=O)C(=Cc1cccc(F)c1)c1nccn1Cc1ccccc1. The number of carbonyl (C=O) groups excluding carboxylic acids is 1. The van der Waals surface area contributed by atoms with Gasteiger partial charge in [0.1, 0.15) is 17.2 Å². The first-order valence-electron chi connectivity index (χ1n) is 8.37. The second-order valence-corrected chi connectivity index (χ2v) is 5.70. The van der Waals surface area contributed by atoms with E-state index in [1.165, 1.54) is 12.1 Å². The highest BCUT2D eigenvalue weighted by atomic mass is 19.1. The molecule has 0 aliphatic carbocycles. The number of esters is 1. The van der Waals surface area contributed by atoms with Gasteiger partial charge >= 0.3 is 5.97 Å². The summed E-state index contributed by atoms with van der Waals surface area (Å²) in [4.78, 5) is 16.8. The number of ether oxygens (including phenoxy) is 1. The minimum Gasteiger partial charge on any atom is -0.462 e. The summed E-state index contributed by atoms with van der Waals surface area (Å²) in [6, 6.07) is 15.9. The number of benzene rings is 2. The van der Waals surface area contributed by atoms with Gasteiger partial charge < -0.3 is 9.30 Å². The Bertz CT molecular complexity index is 917. The molecule has 2 aromatic carbocycles. The molecule has 0 unspecified atom stereocenters. The van der Waals surface area contributed by atoms with Crippen LogP contribution in [0, 0.1) is 5.82 Å². The van der Waals surface area contributed by atoms with E-state index in [-0.39, 0.29) is 12.4 Å². The zero-order chi connectivity index (χ0) is 18.4. The van der Waals surface area contributed by atoms with Crippen LogP contribution in [-0.2, 0) is 16.1 Å². The molecule has 0 amide bonds. The van der Waals surface area contributed by atoms with Crippen LogP contribution in [0.2, 0.25) is 0 Å². The lowest BCUT2D eigenvalue weighted by molar-refractivity contribution is -0.136. The van der Waals surface area contributed by atoms with E-state index in [1.54, 1.807) is 37.5 Å². The van der Waals surface area contributed by atoms with Gasteiger partial charge in [-0.3, -0.25) is 0 Å². The molecule has 1 aromatic heterocycles. The second kappa shape index (κ2) is 8.25. The molecule has 0 bridgehead atoms. The highest BCUT2D eigenvalue weighted by Gasteiger charge is 2.19. The molecule has 3 rings (SSSR count). The van der Waals surface area contributed by atoms with Crippen molar-refractivity contribution in [1.82, 2.24) is 9.55 Å². The molecule has 0 aliphatic rings. The van der Waals surface area contributed by atoms with Crippen molar-refractivity contribution in [2.45, 2.75) is 13.5 Å². The lowest BCUT2D eigenvalue weighted by Crippen LogP contribution is -2.12. The van der Waals surface area contributed by atoms with E-state index in [0.717, 1.165) is 5.56 Å². The van der Waals surface area contributed by atoms with Crippen LogP contribution >= 0.6 is 0 Å². The first-order chi connectivity index (χ1) is 12.7. The van der Waals surface area contributed by atoms with Crippen LogP contribution in [0.3, 0.4) is 0 Å². The maximum atomic E-state index is 13.5. The van der Waals surface area contributed by atoms with E-state index in [9.17, 15) is 9.18 Å². The van der Waals surface area contributed by atoms with Crippen LogP contribution in [0.5, 0.6) is 0 Å². The van der Waals surface area contributed by atoms with Gasteiger partial charge in [0.05, 0.1) is 6.61 Å². The van der Waals surface area contributed by atoms with E-state index in [0.29, 0.717) is 23.5 Å². The third kappa shape index (κ3) is 4.25. The normalized spacial score (nSPS) is 11.4. The number of carbonyl (C=O) groups is 1. The van der Waals surface area contributed by atoms with Crippen LogP contribution in [0.25, 0.3) is 11.6 Å². The highest BCUT2D eigenvalue weighted by molar-refractivity contribution is 6.20. The van der Waals surface area contributed by atoms with Crippen molar-refractivity contribution in [3.05, 3.63) is 89.8 Å². The Morgan fingerprint density at radius 2 is 2.00 bits per heavy atom. The van der Waals surface area contributed by atoms with Crippen molar-refractivity contribution in [2.24, 2.45) is 0 Å². The fourth-order valence-electron chi connectivity index (χ4n) is 2.65. The van der Waals surface area contributed by atoms with Gasteiger partial charge in [0, 0.05) is 18.9 Å². The Morgan fingerprint density at radius 3 is 2.73 bits per heavy atom. The number of rotatable bonds is 6. The molecule has 0 fully saturated rings. The van der Waals surface area contributed by atoms with Crippen molar-refractivity contribution in [3.63, 3.8) is 0 Å². The molecule has 0 atom stereocenters. The van der Waals surface area contributed by atoms with E-state index < -0.39 is 5.97 Å². The summed E-state index contributed by atoms with van der Waals surface area (Å²) in [5.74, 6) is -0.372. The minimum atomic E-state index is -0.489. The molecule has 4 nitrogen and oxygen atoms in total. The summed E-state index contributed by atoms with van der Waals surface area (Å²) < 4.78 is 20.6. The van der Waals surface area contributed by atoms with Crippen molar-refractivity contribution in [2.75, 3.05) is 6.61 Å². The Kier molecular flexibility index (Phi) is 5.59. The minimum absolute atomic E-state index is 0.249.